The molecule has 0 spiro atoms. The summed E-state index contributed by atoms with van der Waals surface area (Å²) < 4.78 is 7.35. The van der Waals surface area contributed by atoms with Gasteiger partial charge in [-0.3, -0.25) is 0 Å². The van der Waals surface area contributed by atoms with Gasteiger partial charge in [-0.2, -0.15) is 5.10 Å². The number of aryl methyl sites for hydroxylation is 1. The molecule has 6 heteroatoms. The number of imidazole rings is 1. The fourth-order valence-corrected chi connectivity index (χ4v) is 3.21. The molecule has 0 aliphatic carbocycles. The van der Waals surface area contributed by atoms with Crippen LogP contribution in [0.15, 0.2) is 24.4 Å². The van der Waals surface area contributed by atoms with Gasteiger partial charge >= 0.3 is 0 Å². The molecule has 0 radical (unpaired) electrons. The van der Waals surface area contributed by atoms with Crippen molar-refractivity contribution in [2.45, 2.75) is 12.8 Å². The Hall–Kier alpha value is -2.08. The van der Waals surface area contributed by atoms with E-state index >= 15 is 0 Å². The SMILES string of the molecule is Nc1cn2nc(-c3ccc4c(c3)CCCO4)sc2n1. The maximum absolute atomic E-state index is 5.63. The lowest BCUT2D eigenvalue weighted by Gasteiger charge is -2.17. The highest BCUT2D eigenvalue weighted by molar-refractivity contribution is 7.19. The number of ether oxygens (including phenoxy) is 1. The van der Waals surface area contributed by atoms with Crippen molar-refractivity contribution in [1.29, 1.82) is 0 Å². The summed E-state index contributed by atoms with van der Waals surface area (Å²) in [7, 11) is 0. The predicted octanol–water partition coefficient (Wildman–Crippen LogP) is 2.37. The van der Waals surface area contributed by atoms with Crippen LogP contribution >= 0.6 is 11.3 Å². The molecule has 0 fully saturated rings. The van der Waals surface area contributed by atoms with Crippen molar-refractivity contribution in [2.75, 3.05) is 12.3 Å². The summed E-state index contributed by atoms with van der Waals surface area (Å²) in [6, 6.07) is 6.24. The van der Waals surface area contributed by atoms with Gasteiger partial charge in [0.1, 0.15) is 16.6 Å². The minimum absolute atomic E-state index is 0.504. The number of fused-ring (bicyclic) bond motifs is 2. The molecule has 5 nitrogen and oxygen atoms in total. The first kappa shape index (κ1) is 10.8. The van der Waals surface area contributed by atoms with E-state index in [1.165, 1.54) is 5.56 Å². The van der Waals surface area contributed by atoms with E-state index < -0.39 is 0 Å². The topological polar surface area (TPSA) is 65.4 Å². The van der Waals surface area contributed by atoms with Crippen molar-refractivity contribution in [3.05, 3.63) is 30.0 Å². The smallest absolute Gasteiger partial charge is 0.214 e. The molecule has 1 aliphatic heterocycles. The molecule has 2 aromatic heterocycles. The molecule has 1 aliphatic rings. The fourth-order valence-electron chi connectivity index (χ4n) is 2.33. The fraction of sp³-hybridized carbons (Fsp3) is 0.231. The molecule has 2 N–H and O–H groups in total. The number of hydrogen-bond donors (Lipinski definition) is 1. The summed E-state index contributed by atoms with van der Waals surface area (Å²) in [6.45, 7) is 0.816. The van der Waals surface area contributed by atoms with Crippen LogP contribution in [0, 0.1) is 0 Å². The van der Waals surface area contributed by atoms with Crippen molar-refractivity contribution in [1.82, 2.24) is 14.6 Å². The van der Waals surface area contributed by atoms with E-state index in [1.807, 2.05) is 12.1 Å². The highest BCUT2D eigenvalue weighted by Crippen LogP contribution is 2.32. The highest BCUT2D eigenvalue weighted by atomic mass is 32.1. The van der Waals surface area contributed by atoms with Crippen molar-refractivity contribution >= 4 is 22.1 Å². The molecule has 3 heterocycles. The molecule has 0 unspecified atom stereocenters. The van der Waals surface area contributed by atoms with Gasteiger partial charge in [0, 0.05) is 5.56 Å². The first-order valence-electron chi connectivity index (χ1n) is 6.17. The number of anilines is 1. The van der Waals surface area contributed by atoms with E-state index in [0.29, 0.717) is 5.82 Å². The third-order valence-electron chi connectivity index (χ3n) is 3.22. The Morgan fingerprint density at radius 2 is 2.32 bits per heavy atom. The normalized spacial score (nSPS) is 14.3. The molecule has 0 saturated carbocycles. The predicted molar refractivity (Wildman–Crippen MR) is 74.5 cm³/mol. The lowest BCUT2D eigenvalue weighted by molar-refractivity contribution is 0.288. The van der Waals surface area contributed by atoms with Gasteiger partial charge in [0.15, 0.2) is 0 Å². The van der Waals surface area contributed by atoms with Crippen LogP contribution in [0.5, 0.6) is 5.75 Å². The number of nitrogens with two attached hydrogens (primary N) is 1. The van der Waals surface area contributed by atoms with Crippen molar-refractivity contribution in [3.63, 3.8) is 0 Å². The Kier molecular flexibility index (Phi) is 2.25. The number of benzene rings is 1. The number of nitrogen functional groups attached to an aromatic ring is 1. The average molecular weight is 272 g/mol. The molecule has 0 atom stereocenters. The van der Waals surface area contributed by atoms with E-state index in [9.17, 15) is 0 Å². The van der Waals surface area contributed by atoms with Crippen LogP contribution in [-0.2, 0) is 6.42 Å². The lowest BCUT2D eigenvalue weighted by Crippen LogP contribution is -2.07. The van der Waals surface area contributed by atoms with E-state index in [-0.39, 0.29) is 0 Å². The second-order valence-corrected chi connectivity index (χ2v) is 5.53. The summed E-state index contributed by atoms with van der Waals surface area (Å²) in [5.41, 5.74) is 8.00. The molecule has 1 aromatic carbocycles. The monoisotopic (exact) mass is 272 g/mol. The van der Waals surface area contributed by atoms with Gasteiger partial charge in [-0.05, 0) is 36.6 Å². The average Bonchev–Trinajstić information content (AvgIpc) is 2.95. The molecular formula is C13H12N4OS. The van der Waals surface area contributed by atoms with Crippen LogP contribution in [0.2, 0.25) is 0 Å². The lowest BCUT2D eigenvalue weighted by atomic mass is 10.0. The van der Waals surface area contributed by atoms with Crippen LogP contribution in [0.25, 0.3) is 15.5 Å². The summed E-state index contributed by atoms with van der Waals surface area (Å²) in [5.74, 6) is 1.50. The zero-order chi connectivity index (χ0) is 12.8. The molecule has 96 valence electrons. The van der Waals surface area contributed by atoms with Crippen molar-refractivity contribution in [3.8, 4) is 16.3 Å². The third kappa shape index (κ3) is 1.76. The third-order valence-corrected chi connectivity index (χ3v) is 4.19. The van der Waals surface area contributed by atoms with Gasteiger partial charge in [0.05, 0.1) is 12.8 Å². The molecule has 0 amide bonds. The van der Waals surface area contributed by atoms with Gasteiger partial charge in [0.25, 0.3) is 0 Å². The van der Waals surface area contributed by atoms with Gasteiger partial charge < -0.3 is 10.5 Å². The zero-order valence-electron chi connectivity index (χ0n) is 10.2. The van der Waals surface area contributed by atoms with Crippen LogP contribution < -0.4 is 10.5 Å². The molecule has 0 saturated heterocycles. The second-order valence-electron chi connectivity index (χ2n) is 4.57. The molecule has 0 bridgehead atoms. The van der Waals surface area contributed by atoms with Gasteiger partial charge in [-0.25, -0.2) is 9.50 Å². The summed E-state index contributed by atoms with van der Waals surface area (Å²) in [6.07, 6.45) is 3.88. The highest BCUT2D eigenvalue weighted by Gasteiger charge is 2.14. The standard InChI is InChI=1S/C13H12N4OS/c14-11-7-17-13(15-11)19-12(16-17)9-3-4-10-8(6-9)2-1-5-18-10/h3-4,6-7H,1-2,5,14H2. The number of rotatable bonds is 1. The number of aromatic nitrogens is 3. The summed E-state index contributed by atoms with van der Waals surface area (Å²) in [4.78, 5) is 5.04. The van der Waals surface area contributed by atoms with E-state index in [0.717, 1.165) is 40.7 Å². The molecule has 19 heavy (non-hydrogen) atoms. The maximum atomic E-state index is 5.63. The Bertz CT molecular complexity index is 730. The van der Waals surface area contributed by atoms with Gasteiger partial charge in [-0.1, -0.05) is 11.3 Å². The molecule has 3 aromatic rings. The molecular weight excluding hydrogens is 260 g/mol. The Morgan fingerprint density at radius 3 is 3.21 bits per heavy atom. The maximum Gasteiger partial charge on any atom is 0.214 e. The number of hydrogen-bond acceptors (Lipinski definition) is 5. The van der Waals surface area contributed by atoms with Crippen LogP contribution in [0.1, 0.15) is 12.0 Å². The minimum atomic E-state index is 0.504. The quantitative estimate of drug-likeness (QED) is 0.738. The Labute approximate surface area is 113 Å². The largest absolute Gasteiger partial charge is 0.493 e. The van der Waals surface area contributed by atoms with E-state index in [1.54, 1.807) is 22.0 Å². The first-order chi connectivity index (χ1) is 9.29. The van der Waals surface area contributed by atoms with Gasteiger partial charge in [-0.15, -0.1) is 0 Å². The summed E-state index contributed by atoms with van der Waals surface area (Å²) in [5, 5.41) is 5.46. The minimum Gasteiger partial charge on any atom is -0.493 e. The van der Waals surface area contributed by atoms with Crippen LogP contribution in [0.3, 0.4) is 0 Å². The van der Waals surface area contributed by atoms with E-state index in [2.05, 4.69) is 16.1 Å². The van der Waals surface area contributed by atoms with E-state index in [4.69, 9.17) is 10.5 Å². The zero-order valence-corrected chi connectivity index (χ0v) is 11.0. The van der Waals surface area contributed by atoms with Crippen LogP contribution in [-0.4, -0.2) is 21.2 Å². The first-order valence-corrected chi connectivity index (χ1v) is 6.99. The Balaban J connectivity index is 1.80. The van der Waals surface area contributed by atoms with Crippen molar-refractivity contribution in [2.24, 2.45) is 0 Å². The van der Waals surface area contributed by atoms with Crippen LogP contribution in [0.4, 0.5) is 5.82 Å². The van der Waals surface area contributed by atoms with Crippen molar-refractivity contribution < 1.29 is 4.74 Å². The van der Waals surface area contributed by atoms with Gasteiger partial charge in [0.2, 0.25) is 4.96 Å². The summed E-state index contributed by atoms with van der Waals surface area (Å²) >= 11 is 1.54. The number of nitrogens with zero attached hydrogens (tertiary/aromatic N) is 3. The Morgan fingerprint density at radius 1 is 1.37 bits per heavy atom. The molecule has 4 rings (SSSR count). The second kappa shape index (κ2) is 3.96.